The van der Waals surface area contributed by atoms with E-state index in [4.69, 9.17) is 22.2 Å². The zero-order valence-corrected chi connectivity index (χ0v) is 47.2. The van der Waals surface area contributed by atoms with Crippen molar-refractivity contribution in [1.82, 2.24) is 37.2 Å². The molecule has 1 aliphatic carbocycles. The third kappa shape index (κ3) is 14.6. The molecular weight excluding hydrogens is 1070 g/mol. The molecule has 4 aromatic carbocycles. The third-order valence-corrected chi connectivity index (χ3v) is 17.6. The standard InChI is InChI=1S/C59H71N11O9S2/c1-32(2)48(56(79)64-34(4)50(73)69-52(75)42(62)29-37-20-23-38-15-8-9-16-39(38)27-37)68-53(76)43(17-10-11-26-60)65-55(78)45(31-58-46-18-12-19-47-59(46,80-47)70-57(58)81-58)67-54(77)44(30-36-21-24-40(71)25-22-36)66-49(72)33(3)63-51(74)41(61)28-35-13-6-5-7-14-35/h5-9,12-16,18-25,27,32-34,41-46,48,71H,10-11,17,26,28-31,60-62H2,1-4H3,(H,63,74)(H,64,79)(H,65,78)(H,66,72)(H,67,77)(H,68,76)(H,69,73,75)/t33-,34-,41+,42+,43-,44-,45+,46?,48-,58?,59?/m0/s1. The van der Waals surface area contributed by atoms with Gasteiger partial charge in [-0.1, -0.05) is 134 Å². The predicted octanol–water partition coefficient (Wildman–Crippen LogP) is 2.41. The number of allylic oxidation sites excluding steroid dienone is 2. The SMILES string of the molecule is CC(C)[C@H](NC(=O)[C@H](CCCCN)NC(=O)[C@@H](CC12SC1=NC13SC1=CC=CC23)NC(=O)[C@H](Cc1ccc(O)cc1)NC(=O)[C@H](C)NC(=O)[C@H](N)Cc1ccccc1)C(=O)N[C@@H](C)C(=O)NC(=O)[C@H](N)Cc1ccc2ccccc2c1. The van der Waals surface area contributed by atoms with E-state index in [0.717, 1.165) is 31.8 Å². The Hall–Kier alpha value is -7.37. The number of hydrogen-bond acceptors (Lipinski definition) is 15. The lowest BCUT2D eigenvalue weighted by Gasteiger charge is -2.30. The summed E-state index contributed by atoms with van der Waals surface area (Å²) in [5, 5.41) is 31.8. The lowest BCUT2D eigenvalue weighted by Crippen LogP contribution is -2.61. The molecule has 3 aliphatic heterocycles. The molecule has 22 heteroatoms. The maximum atomic E-state index is 15.0. The first-order chi connectivity index (χ1) is 38.7. The summed E-state index contributed by atoms with van der Waals surface area (Å²) >= 11 is 3.14. The molecule has 3 heterocycles. The minimum Gasteiger partial charge on any atom is -0.508 e. The molecule has 2 fully saturated rings. The van der Waals surface area contributed by atoms with E-state index in [1.807, 2.05) is 84.9 Å². The minimum absolute atomic E-state index is 0.0224. The molecule has 2 saturated heterocycles. The van der Waals surface area contributed by atoms with Gasteiger partial charge in [-0.3, -0.25) is 48.7 Å². The molecule has 4 aromatic rings. The fraction of sp³-hybridized carbons (Fsp3) is 0.407. The fourth-order valence-electron chi connectivity index (χ4n) is 10.1. The fourth-order valence-corrected chi connectivity index (χ4v) is 12.8. The van der Waals surface area contributed by atoms with Gasteiger partial charge in [0.1, 0.15) is 46.9 Å². The van der Waals surface area contributed by atoms with Gasteiger partial charge in [0.05, 0.1) is 21.9 Å². The van der Waals surface area contributed by atoms with E-state index in [-0.39, 0.29) is 43.8 Å². The van der Waals surface area contributed by atoms with E-state index < -0.39 is 111 Å². The summed E-state index contributed by atoms with van der Waals surface area (Å²) in [6.45, 7) is 6.53. The van der Waals surface area contributed by atoms with Crippen molar-refractivity contribution < 1.29 is 43.5 Å². The van der Waals surface area contributed by atoms with Gasteiger partial charge >= 0.3 is 0 Å². The van der Waals surface area contributed by atoms with Crippen molar-refractivity contribution in [3.8, 4) is 5.75 Å². The number of carbonyl (C=O) groups excluding carboxylic acids is 8. The molecule has 4 aliphatic rings. The highest BCUT2D eigenvalue weighted by Crippen LogP contribution is 2.78. The second kappa shape index (κ2) is 26.0. The van der Waals surface area contributed by atoms with E-state index in [1.165, 1.54) is 37.7 Å². The highest BCUT2D eigenvalue weighted by atomic mass is 32.2. The number of imide groups is 1. The number of aliphatic imine (C=N–C) groups is 1. The minimum atomic E-state index is -1.33. The highest BCUT2D eigenvalue weighted by Gasteiger charge is 2.76. The van der Waals surface area contributed by atoms with Crippen LogP contribution in [0.15, 0.2) is 125 Å². The van der Waals surface area contributed by atoms with Gasteiger partial charge < -0.3 is 54.2 Å². The summed E-state index contributed by atoms with van der Waals surface area (Å²) in [6.07, 6.45) is 7.32. The number of nitrogens with one attached hydrogen (secondary N) is 7. The normalized spacial score (nSPS) is 21.1. The molecule has 0 bridgehead atoms. The second-order valence-corrected chi connectivity index (χ2v) is 24.1. The first kappa shape index (κ1) is 59.7. The molecule has 20 nitrogen and oxygen atoms in total. The zero-order chi connectivity index (χ0) is 58.2. The van der Waals surface area contributed by atoms with Crippen LogP contribution in [-0.4, -0.2) is 122 Å². The Morgan fingerprint density at radius 1 is 0.593 bits per heavy atom. The number of nitrogens with zero attached hydrogens (tertiary/aromatic N) is 1. The van der Waals surface area contributed by atoms with E-state index in [2.05, 4.69) is 43.3 Å². The second-order valence-electron chi connectivity index (χ2n) is 21.5. The van der Waals surface area contributed by atoms with Crippen LogP contribution in [0, 0.1) is 11.8 Å². The van der Waals surface area contributed by atoms with E-state index >= 15 is 4.79 Å². The van der Waals surface area contributed by atoms with Crippen LogP contribution in [0.1, 0.15) is 70.1 Å². The lowest BCUT2D eigenvalue weighted by atomic mass is 9.82. The van der Waals surface area contributed by atoms with Gasteiger partial charge in [0, 0.05) is 17.2 Å². The molecule has 8 amide bonds. The summed E-state index contributed by atoms with van der Waals surface area (Å²) in [7, 11) is 0. The average Bonchev–Trinajstić information content (AvgIpc) is 2.02. The molecule has 14 N–H and O–H groups in total. The number of unbranched alkanes of at least 4 members (excludes halogenated alkanes) is 1. The average molecular weight is 1140 g/mol. The number of thioether (sulfide) groups is 2. The van der Waals surface area contributed by atoms with Crippen molar-refractivity contribution in [2.24, 2.45) is 34.0 Å². The van der Waals surface area contributed by atoms with Gasteiger partial charge in [0.25, 0.3) is 0 Å². The Balaban J connectivity index is 0.962. The van der Waals surface area contributed by atoms with Crippen LogP contribution in [0.2, 0.25) is 0 Å². The monoisotopic (exact) mass is 1140 g/mol. The molecule has 1 spiro atoms. The third-order valence-electron chi connectivity index (χ3n) is 14.9. The van der Waals surface area contributed by atoms with E-state index in [0.29, 0.717) is 24.9 Å². The van der Waals surface area contributed by atoms with Crippen molar-refractivity contribution in [3.63, 3.8) is 0 Å². The quantitative estimate of drug-likeness (QED) is 0.0302. The number of benzene rings is 4. The lowest BCUT2D eigenvalue weighted by molar-refractivity contribution is -0.136. The number of nitrogens with two attached hydrogens (primary N) is 3. The molecular formula is C59H71N11O9S2. The molecule has 0 radical (unpaired) electrons. The maximum Gasteiger partial charge on any atom is 0.248 e. The van der Waals surface area contributed by atoms with E-state index in [1.54, 1.807) is 37.7 Å². The Bertz CT molecular complexity index is 3140. The van der Waals surface area contributed by atoms with Gasteiger partial charge in [0.2, 0.25) is 47.3 Å². The highest BCUT2D eigenvalue weighted by molar-refractivity contribution is 8.27. The van der Waals surface area contributed by atoms with Crippen molar-refractivity contribution in [1.29, 1.82) is 0 Å². The van der Waals surface area contributed by atoms with E-state index in [9.17, 15) is 38.7 Å². The number of rotatable bonds is 27. The number of carbonyl (C=O) groups is 8. The van der Waals surface area contributed by atoms with Crippen LogP contribution < -0.4 is 54.4 Å². The Labute approximate surface area is 478 Å². The van der Waals surface area contributed by atoms with Crippen molar-refractivity contribution in [3.05, 3.63) is 137 Å². The number of amides is 8. The number of phenols is 1. The number of fused-ring (bicyclic) bond motifs is 3. The number of aromatic hydroxyl groups is 1. The first-order valence-electron chi connectivity index (χ1n) is 27.2. The first-order valence-corrected chi connectivity index (χ1v) is 28.9. The maximum absolute atomic E-state index is 15.0. The summed E-state index contributed by atoms with van der Waals surface area (Å²) < 4.78 is -0.685. The van der Waals surface area contributed by atoms with Gasteiger partial charge in [-0.25, -0.2) is 0 Å². The predicted molar refractivity (Wildman–Crippen MR) is 313 cm³/mol. The molecule has 81 heavy (non-hydrogen) atoms. The Morgan fingerprint density at radius 3 is 1.90 bits per heavy atom. The van der Waals surface area contributed by atoms with Crippen molar-refractivity contribution in [2.75, 3.05) is 6.54 Å². The van der Waals surface area contributed by atoms with Crippen LogP contribution in [0.4, 0.5) is 0 Å². The molecule has 0 aromatic heterocycles. The van der Waals surface area contributed by atoms with Gasteiger partial charge in [-0.05, 0) is 111 Å². The van der Waals surface area contributed by atoms with Gasteiger partial charge in [0.15, 0.2) is 0 Å². The summed E-state index contributed by atoms with van der Waals surface area (Å²) in [5.74, 6) is -6.46. The summed E-state index contributed by atoms with van der Waals surface area (Å²) in [5.41, 5.74) is 20.5. The van der Waals surface area contributed by atoms with Gasteiger partial charge in [-0.2, -0.15) is 0 Å². The summed E-state index contributed by atoms with van der Waals surface area (Å²) in [6, 6.07) is 19.1. The smallest absolute Gasteiger partial charge is 0.248 e. The van der Waals surface area contributed by atoms with Crippen LogP contribution >= 0.6 is 23.5 Å². The number of phenolic OH excluding ortho intramolecular Hbond substituents is 1. The van der Waals surface area contributed by atoms with Crippen molar-refractivity contribution in [2.45, 2.75) is 131 Å². The zero-order valence-electron chi connectivity index (χ0n) is 45.6. The Kier molecular flexibility index (Phi) is 19.2. The Morgan fingerprint density at radius 2 is 1.19 bits per heavy atom. The van der Waals surface area contributed by atoms with Gasteiger partial charge in [-0.15, -0.1) is 0 Å². The van der Waals surface area contributed by atoms with Crippen LogP contribution in [0.5, 0.6) is 5.75 Å². The van der Waals surface area contributed by atoms with Crippen LogP contribution in [0.3, 0.4) is 0 Å². The van der Waals surface area contributed by atoms with Crippen molar-refractivity contribution >= 4 is 86.6 Å². The molecule has 428 valence electrons. The molecule has 8 rings (SSSR count). The molecule has 0 saturated carbocycles. The molecule has 11 atom stereocenters. The largest absolute Gasteiger partial charge is 0.508 e. The van der Waals surface area contributed by atoms with Crippen LogP contribution in [0.25, 0.3) is 10.8 Å². The summed E-state index contributed by atoms with van der Waals surface area (Å²) in [4.78, 5) is 117. The molecule has 3 unspecified atom stereocenters. The topological polar surface area (TPSA) is 331 Å². The number of hydrogen-bond donors (Lipinski definition) is 11. The van der Waals surface area contributed by atoms with Crippen LogP contribution in [-0.2, 0) is 57.6 Å².